The average molecular weight is 1060 g/mol. The van der Waals surface area contributed by atoms with Crippen LogP contribution >= 0.6 is 0 Å². The van der Waals surface area contributed by atoms with Crippen molar-refractivity contribution < 1.29 is 0 Å². The van der Waals surface area contributed by atoms with E-state index in [1.54, 1.807) is 25.0 Å². The third-order valence-corrected chi connectivity index (χ3v) is 12.2. The minimum atomic E-state index is 0.373. The summed E-state index contributed by atoms with van der Waals surface area (Å²) in [6.45, 7) is 42.6. The van der Waals surface area contributed by atoms with Gasteiger partial charge in [0, 0.05) is 98.8 Å². The zero-order valence-corrected chi connectivity index (χ0v) is 51.6. The van der Waals surface area contributed by atoms with Crippen LogP contribution in [0.5, 0.6) is 0 Å². The molecule has 8 aromatic rings. The molecule has 0 fully saturated rings. The van der Waals surface area contributed by atoms with Crippen LogP contribution in [0.25, 0.3) is 0 Å². The van der Waals surface area contributed by atoms with E-state index in [9.17, 15) is 0 Å². The molecule has 0 aliphatic heterocycles. The molecule has 0 saturated carbocycles. The largest absolute Gasteiger partial charge is 0.272 e. The van der Waals surface area contributed by atoms with Crippen LogP contribution in [0.2, 0.25) is 0 Å². The summed E-state index contributed by atoms with van der Waals surface area (Å²) in [5.74, 6) is 4.37. The predicted octanol–water partition coefficient (Wildman–Crippen LogP) is 16.2. The van der Waals surface area contributed by atoms with Crippen molar-refractivity contribution in [3.8, 4) is 6.07 Å². The van der Waals surface area contributed by atoms with E-state index in [0.717, 1.165) is 22.6 Å². The monoisotopic (exact) mass is 1060 g/mol. The Morgan fingerprint density at radius 2 is 0.910 bits per heavy atom. The van der Waals surface area contributed by atoms with Gasteiger partial charge >= 0.3 is 0 Å². The van der Waals surface area contributed by atoms with Gasteiger partial charge in [0.25, 0.3) is 0 Å². The Kier molecular flexibility index (Phi) is 33.0. The number of nitriles is 1. The number of aryl methyl sites for hydroxylation is 6. The summed E-state index contributed by atoms with van der Waals surface area (Å²) in [7, 11) is 3.96. The second kappa shape index (κ2) is 37.4. The summed E-state index contributed by atoms with van der Waals surface area (Å²) >= 11 is 0. The Labute approximate surface area is 471 Å². The molecule has 420 valence electrons. The molecule has 0 aliphatic rings. The highest BCUT2D eigenvalue weighted by Gasteiger charge is 2.07. The molecule has 0 spiro atoms. The fourth-order valence-electron chi connectivity index (χ4n) is 7.58. The van der Waals surface area contributed by atoms with E-state index in [1.165, 1.54) is 44.8 Å². The van der Waals surface area contributed by atoms with Crippen LogP contribution in [0.15, 0.2) is 129 Å². The lowest BCUT2D eigenvalue weighted by molar-refractivity contribution is 0.665. The number of hydrogen-bond donors (Lipinski definition) is 0. The molecule has 0 radical (unpaired) electrons. The molecule has 13 heteroatoms. The summed E-state index contributed by atoms with van der Waals surface area (Å²) in [4.78, 5) is 32.1. The minimum absolute atomic E-state index is 0.373. The van der Waals surface area contributed by atoms with Gasteiger partial charge in [0.1, 0.15) is 24.4 Å². The zero-order valence-electron chi connectivity index (χ0n) is 51.6. The van der Waals surface area contributed by atoms with E-state index >= 15 is 0 Å². The van der Waals surface area contributed by atoms with E-state index in [1.807, 2.05) is 117 Å². The molecule has 0 atom stereocenters. The highest BCUT2D eigenvalue weighted by atomic mass is 15.3. The standard InChI is InChI=1S/C9H10N2.2C9H13N.C8H12N2.C8H14N2.C8H11N.C7H10N2.C7H12N2/c1-7(2)8-4-3-5-11-9(8)6-10;1-7(2)9-6-10-5-4-8(9)3;1-7(2)9-5-4-6-10-8(9)3;1-6(2)8-4-9-5-10-7(8)3;1-6(2)8-5-7(3)9-10(8)4;1-7(2)8-4-3-5-9-6-8;1-6(2)7-3-8-5-9-4-7;1-6(2)7-4-5-8-9(7)3/h3-5,7H,1-2H3;2*4-7H,1-3H3;4-6H,1-3H3;5-6H,1-4H3;3-7H,1-2H3;3-6H,1-2H3;4-6H,1-3H3. The van der Waals surface area contributed by atoms with Crippen molar-refractivity contribution in [2.75, 3.05) is 0 Å². The van der Waals surface area contributed by atoms with Crippen LogP contribution in [0, 0.1) is 39.0 Å². The first-order valence-corrected chi connectivity index (χ1v) is 27.4. The van der Waals surface area contributed by atoms with Gasteiger partial charge in [0.15, 0.2) is 0 Å². The molecule has 0 N–H and O–H groups in total. The maximum absolute atomic E-state index is 8.65. The lowest BCUT2D eigenvalue weighted by Crippen LogP contribution is -1.99. The molecule has 8 rings (SSSR count). The molecular weight excluding hydrogens is 963 g/mol. The summed E-state index contributed by atoms with van der Waals surface area (Å²) < 4.78 is 3.85. The Balaban J connectivity index is 0.000000446. The number of nitrogens with zero attached hydrogens (tertiary/aromatic N) is 13. The van der Waals surface area contributed by atoms with Gasteiger partial charge in [-0.15, -0.1) is 0 Å². The molecule has 0 saturated heterocycles. The minimum Gasteiger partial charge on any atom is -0.272 e. The quantitative estimate of drug-likeness (QED) is 0.142. The number of aromatic nitrogens is 12. The van der Waals surface area contributed by atoms with Gasteiger partial charge in [-0.3, -0.25) is 24.3 Å². The molecule has 0 aromatic carbocycles. The van der Waals surface area contributed by atoms with Crippen molar-refractivity contribution in [3.05, 3.63) is 202 Å². The fraction of sp³-hybridized carbons (Fsp3) is 0.462. The Bertz CT molecular complexity index is 2690. The highest BCUT2D eigenvalue weighted by molar-refractivity contribution is 5.32. The first kappa shape index (κ1) is 68.7. The van der Waals surface area contributed by atoms with Gasteiger partial charge in [-0.1, -0.05) is 129 Å². The smallest absolute Gasteiger partial charge is 0.143 e. The van der Waals surface area contributed by atoms with Crippen LogP contribution in [0.3, 0.4) is 0 Å². The third kappa shape index (κ3) is 26.6. The average Bonchev–Trinajstić information content (AvgIpc) is 4.01. The van der Waals surface area contributed by atoms with Crippen LogP contribution in [-0.4, -0.2) is 59.4 Å². The van der Waals surface area contributed by atoms with Gasteiger partial charge in [-0.2, -0.15) is 15.5 Å². The van der Waals surface area contributed by atoms with E-state index in [-0.39, 0.29) is 0 Å². The SMILES string of the molecule is CC(C)c1cccnc1.CC(C)c1cccnc1C#N.CC(C)c1ccnn1C.CC(C)c1cncnc1.Cc1cc(C(C)C)n(C)n1.Cc1ccncc1C(C)C.Cc1ncccc1C(C)C.Cc1ncncc1C(C)C. The maximum atomic E-state index is 8.65. The van der Waals surface area contributed by atoms with Crippen molar-refractivity contribution in [3.63, 3.8) is 0 Å². The zero-order chi connectivity index (χ0) is 58.9. The molecule has 78 heavy (non-hydrogen) atoms. The summed E-state index contributed by atoms with van der Waals surface area (Å²) in [6.07, 6.45) is 21.5. The van der Waals surface area contributed by atoms with Gasteiger partial charge in [-0.05, 0) is 150 Å². The normalized spacial score (nSPS) is 10.3. The van der Waals surface area contributed by atoms with Crippen LogP contribution in [-0.2, 0) is 14.1 Å². The van der Waals surface area contributed by atoms with Crippen molar-refractivity contribution in [2.45, 2.75) is 186 Å². The van der Waals surface area contributed by atoms with Gasteiger partial charge in [-0.25, -0.2) is 24.9 Å². The number of pyridine rings is 4. The second-order valence-corrected chi connectivity index (χ2v) is 21.4. The molecule has 0 amide bonds. The van der Waals surface area contributed by atoms with Crippen LogP contribution < -0.4 is 0 Å². The molecular formula is C65H95N13. The molecule has 13 nitrogen and oxygen atoms in total. The Hall–Kier alpha value is -7.33. The number of rotatable bonds is 8. The summed E-state index contributed by atoms with van der Waals surface area (Å²) in [5, 5.41) is 17.0. The first-order chi connectivity index (χ1) is 36.8. The summed E-state index contributed by atoms with van der Waals surface area (Å²) in [5.41, 5.74) is 15.3. The third-order valence-electron chi connectivity index (χ3n) is 12.2. The lowest BCUT2D eigenvalue weighted by atomic mass is 10.0. The van der Waals surface area contributed by atoms with Crippen LogP contribution in [0.1, 0.15) is 231 Å². The van der Waals surface area contributed by atoms with Gasteiger partial charge < -0.3 is 0 Å². The van der Waals surface area contributed by atoms with E-state index in [0.29, 0.717) is 53.0 Å². The Morgan fingerprint density at radius 3 is 1.24 bits per heavy atom. The molecule has 8 heterocycles. The Morgan fingerprint density at radius 1 is 0.410 bits per heavy atom. The molecule has 8 aromatic heterocycles. The molecule has 0 aliphatic carbocycles. The predicted molar refractivity (Wildman–Crippen MR) is 324 cm³/mol. The topological polar surface area (TPSA) is 163 Å². The fourth-order valence-corrected chi connectivity index (χ4v) is 7.58. The van der Waals surface area contributed by atoms with E-state index in [4.69, 9.17) is 5.26 Å². The summed E-state index contributed by atoms with van der Waals surface area (Å²) in [6, 6.07) is 20.3. The molecule has 0 bridgehead atoms. The maximum Gasteiger partial charge on any atom is 0.143 e. The number of hydrogen-bond acceptors (Lipinski definition) is 11. The van der Waals surface area contributed by atoms with Crippen molar-refractivity contribution in [1.82, 2.24) is 59.4 Å². The molecule has 0 unspecified atom stereocenters. The van der Waals surface area contributed by atoms with Crippen molar-refractivity contribution >= 4 is 0 Å². The van der Waals surface area contributed by atoms with Crippen molar-refractivity contribution in [2.24, 2.45) is 14.1 Å². The van der Waals surface area contributed by atoms with Crippen molar-refractivity contribution in [1.29, 1.82) is 5.26 Å². The second-order valence-electron chi connectivity index (χ2n) is 21.4. The van der Waals surface area contributed by atoms with Gasteiger partial charge in [0.2, 0.25) is 0 Å². The van der Waals surface area contributed by atoms with Gasteiger partial charge in [0.05, 0.1) is 5.69 Å². The van der Waals surface area contributed by atoms with E-state index < -0.39 is 0 Å². The highest BCUT2D eigenvalue weighted by Crippen LogP contribution is 2.19. The lowest BCUT2D eigenvalue weighted by Gasteiger charge is -2.06. The first-order valence-electron chi connectivity index (χ1n) is 27.4. The van der Waals surface area contributed by atoms with Crippen LogP contribution in [0.4, 0.5) is 0 Å². The van der Waals surface area contributed by atoms with E-state index in [2.05, 4.69) is 205 Å².